The molecule has 0 aliphatic carbocycles. The number of fused-ring (bicyclic) bond motifs is 1. The summed E-state index contributed by atoms with van der Waals surface area (Å²) in [6.07, 6.45) is -0.138. The fraction of sp³-hybridized carbons (Fsp3) is 0.500. The zero-order valence-corrected chi connectivity index (χ0v) is 15.3. The van der Waals surface area contributed by atoms with Gasteiger partial charge in [-0.05, 0) is 32.9 Å². The van der Waals surface area contributed by atoms with Crippen LogP contribution in [0.1, 0.15) is 20.8 Å². The van der Waals surface area contributed by atoms with Crippen molar-refractivity contribution in [2.45, 2.75) is 38.6 Å². The maximum absolute atomic E-state index is 14.6. The number of alkyl halides is 1. The molecule has 140 valence electrons. The molecule has 8 heteroatoms. The van der Waals surface area contributed by atoms with E-state index in [9.17, 15) is 14.0 Å². The number of carbonyl (C=O) groups is 1. The molecule has 1 fully saturated rings. The Morgan fingerprint density at radius 1 is 1.38 bits per heavy atom. The lowest BCUT2D eigenvalue weighted by molar-refractivity contribution is 0.0183. The third-order valence-electron chi connectivity index (χ3n) is 4.32. The summed E-state index contributed by atoms with van der Waals surface area (Å²) in [5.41, 5.74) is 0.378. The van der Waals surface area contributed by atoms with E-state index in [-0.39, 0.29) is 12.1 Å². The average molecular weight is 362 g/mol. The molecule has 2 aromatic heterocycles. The van der Waals surface area contributed by atoms with Gasteiger partial charge in [0.25, 0.3) is 0 Å². The van der Waals surface area contributed by atoms with Crippen LogP contribution >= 0.6 is 0 Å². The highest BCUT2D eigenvalue weighted by Gasteiger charge is 2.39. The monoisotopic (exact) mass is 362 g/mol. The van der Waals surface area contributed by atoms with Crippen LogP contribution in [0.3, 0.4) is 0 Å². The van der Waals surface area contributed by atoms with E-state index < -0.39 is 23.9 Å². The lowest BCUT2D eigenvalue weighted by Crippen LogP contribution is -2.45. The van der Waals surface area contributed by atoms with Crippen molar-refractivity contribution in [2.24, 2.45) is 0 Å². The number of nitrogens with zero attached hydrogens (tertiary/aromatic N) is 3. The molecule has 26 heavy (non-hydrogen) atoms. The molecule has 0 unspecified atom stereocenters. The van der Waals surface area contributed by atoms with E-state index in [0.717, 1.165) is 11.1 Å². The maximum atomic E-state index is 14.6. The molecule has 0 radical (unpaired) electrons. The van der Waals surface area contributed by atoms with Gasteiger partial charge in [-0.3, -0.25) is 4.79 Å². The normalized spacial score (nSPS) is 20.4. The minimum atomic E-state index is -1.20. The van der Waals surface area contributed by atoms with Gasteiger partial charge in [0.2, 0.25) is 5.56 Å². The summed E-state index contributed by atoms with van der Waals surface area (Å²) < 4.78 is 19.9. The van der Waals surface area contributed by atoms with Crippen molar-refractivity contribution in [2.75, 3.05) is 25.0 Å². The predicted octanol–water partition coefficient (Wildman–Crippen LogP) is 2.32. The number of ether oxygens (including phenoxy) is 1. The number of halogens is 1. The Morgan fingerprint density at radius 2 is 2.12 bits per heavy atom. The third-order valence-corrected chi connectivity index (χ3v) is 4.32. The number of nitrogens with one attached hydrogen (secondary N) is 1. The number of amides is 1. The number of hydrogen-bond acceptors (Lipinski definition) is 5. The number of rotatable bonds is 2. The molecule has 3 heterocycles. The summed E-state index contributed by atoms with van der Waals surface area (Å²) in [6, 6.07) is 4.35. The number of aromatic amines is 1. The van der Waals surface area contributed by atoms with Gasteiger partial charge in [-0.1, -0.05) is 0 Å². The predicted molar refractivity (Wildman–Crippen MR) is 97.3 cm³/mol. The molecule has 3 rings (SSSR count). The summed E-state index contributed by atoms with van der Waals surface area (Å²) in [5.74, 6) is 0. The molecular formula is C18H23FN4O3. The van der Waals surface area contributed by atoms with Crippen LogP contribution in [-0.4, -0.2) is 58.9 Å². The van der Waals surface area contributed by atoms with Gasteiger partial charge in [0.1, 0.15) is 17.4 Å². The van der Waals surface area contributed by atoms with Gasteiger partial charge in [0, 0.05) is 25.0 Å². The number of carbonyl (C=O) groups excluding carboxylic acids is 1. The maximum Gasteiger partial charge on any atom is 0.410 e. The highest BCUT2D eigenvalue weighted by atomic mass is 19.1. The highest BCUT2D eigenvalue weighted by Crippen LogP contribution is 2.26. The quantitative estimate of drug-likeness (QED) is 0.887. The molecule has 0 aromatic carbocycles. The van der Waals surface area contributed by atoms with Crippen molar-refractivity contribution < 1.29 is 13.9 Å². The molecule has 0 saturated carbocycles. The first-order chi connectivity index (χ1) is 12.1. The molecule has 1 aliphatic heterocycles. The number of likely N-dealkylation sites (N-methyl/N-ethyl adjacent to an activating group) is 1. The highest BCUT2D eigenvalue weighted by molar-refractivity contribution is 5.78. The molecule has 0 spiro atoms. The Hall–Kier alpha value is -2.64. The van der Waals surface area contributed by atoms with Crippen LogP contribution in [-0.2, 0) is 4.74 Å². The first kappa shape index (κ1) is 18.2. The minimum absolute atomic E-state index is 0.161. The van der Waals surface area contributed by atoms with Gasteiger partial charge < -0.3 is 19.5 Å². The fourth-order valence-corrected chi connectivity index (χ4v) is 2.99. The lowest BCUT2D eigenvalue weighted by Gasteiger charge is -2.29. The second-order valence-electron chi connectivity index (χ2n) is 7.53. The van der Waals surface area contributed by atoms with Crippen LogP contribution in [0.15, 0.2) is 29.2 Å². The van der Waals surface area contributed by atoms with Crippen LogP contribution in [0, 0.1) is 0 Å². The fourth-order valence-electron chi connectivity index (χ4n) is 2.99. The second kappa shape index (κ2) is 6.59. The molecule has 2 atom stereocenters. The van der Waals surface area contributed by atoms with Crippen LogP contribution in [0.4, 0.5) is 14.9 Å². The smallest absolute Gasteiger partial charge is 0.410 e. The van der Waals surface area contributed by atoms with E-state index in [1.165, 1.54) is 11.0 Å². The molecule has 1 aliphatic rings. The average Bonchev–Trinajstić information content (AvgIpc) is 2.93. The van der Waals surface area contributed by atoms with E-state index in [4.69, 9.17) is 4.74 Å². The summed E-state index contributed by atoms with van der Waals surface area (Å²) in [5, 5.41) is 0.765. The van der Waals surface area contributed by atoms with Crippen LogP contribution < -0.4 is 10.5 Å². The zero-order valence-electron chi connectivity index (χ0n) is 15.3. The van der Waals surface area contributed by atoms with Gasteiger partial charge in [0.05, 0.1) is 24.5 Å². The number of pyridine rings is 2. The summed E-state index contributed by atoms with van der Waals surface area (Å²) in [4.78, 5) is 33.6. The Morgan fingerprint density at radius 3 is 2.81 bits per heavy atom. The van der Waals surface area contributed by atoms with Crippen LogP contribution in [0.5, 0.6) is 0 Å². The van der Waals surface area contributed by atoms with Gasteiger partial charge in [-0.25, -0.2) is 14.2 Å². The van der Waals surface area contributed by atoms with E-state index in [0.29, 0.717) is 12.2 Å². The molecule has 1 amide bonds. The minimum Gasteiger partial charge on any atom is -0.444 e. The van der Waals surface area contributed by atoms with Gasteiger partial charge in [0.15, 0.2) is 0 Å². The number of aromatic nitrogens is 2. The summed E-state index contributed by atoms with van der Waals surface area (Å²) in [7, 11) is 1.55. The number of anilines is 1. The van der Waals surface area contributed by atoms with Crippen LogP contribution in [0.25, 0.3) is 11.0 Å². The van der Waals surface area contributed by atoms with E-state index in [1.54, 1.807) is 40.1 Å². The van der Waals surface area contributed by atoms with Crippen LogP contribution in [0.2, 0.25) is 0 Å². The SMILES string of the molecule is CN(C(=O)OC(C)(C)C)[C@@H]1CN(c2cnc3[nH]c(=O)ccc3c2)C[C@H]1F. The van der Waals surface area contributed by atoms with Crippen molar-refractivity contribution in [1.82, 2.24) is 14.9 Å². The first-order valence-electron chi connectivity index (χ1n) is 8.48. The molecule has 2 aromatic rings. The molecule has 0 bridgehead atoms. The number of hydrogen-bond donors (Lipinski definition) is 1. The van der Waals surface area contributed by atoms with Gasteiger partial charge >= 0.3 is 6.09 Å². The van der Waals surface area contributed by atoms with E-state index in [1.807, 2.05) is 11.0 Å². The van der Waals surface area contributed by atoms with E-state index >= 15 is 0 Å². The third kappa shape index (κ3) is 3.79. The zero-order chi connectivity index (χ0) is 19.1. The Labute approximate surface area is 150 Å². The molecule has 1 saturated heterocycles. The van der Waals surface area contributed by atoms with E-state index in [2.05, 4.69) is 9.97 Å². The topological polar surface area (TPSA) is 78.5 Å². The lowest BCUT2D eigenvalue weighted by atomic mass is 10.2. The van der Waals surface area contributed by atoms with Crippen molar-refractivity contribution in [1.29, 1.82) is 0 Å². The molecule has 1 N–H and O–H groups in total. The summed E-state index contributed by atoms with van der Waals surface area (Å²) in [6.45, 7) is 5.83. The molecular weight excluding hydrogens is 339 g/mol. The summed E-state index contributed by atoms with van der Waals surface area (Å²) >= 11 is 0. The van der Waals surface area contributed by atoms with Crippen molar-refractivity contribution >= 4 is 22.8 Å². The Kier molecular flexibility index (Phi) is 4.60. The Balaban J connectivity index is 1.77. The van der Waals surface area contributed by atoms with Crippen molar-refractivity contribution in [3.63, 3.8) is 0 Å². The first-order valence-corrected chi connectivity index (χ1v) is 8.48. The number of H-pyrrole nitrogens is 1. The van der Waals surface area contributed by atoms with Gasteiger partial charge in [-0.15, -0.1) is 0 Å². The second-order valence-corrected chi connectivity index (χ2v) is 7.53. The van der Waals surface area contributed by atoms with Crippen molar-refractivity contribution in [3.05, 3.63) is 34.7 Å². The largest absolute Gasteiger partial charge is 0.444 e. The Bertz CT molecular complexity index is 877. The standard InChI is InChI=1S/C18H23FN4O3/c1-18(2,3)26-17(25)22(4)14-10-23(9-13(14)19)12-7-11-5-6-15(24)21-16(11)20-8-12/h5-8,13-14H,9-10H2,1-4H3,(H,20,21,24)/t13-,14-/m1/s1. The van der Waals surface area contributed by atoms with Gasteiger partial charge in [-0.2, -0.15) is 0 Å². The molecule has 7 nitrogen and oxygen atoms in total. The van der Waals surface area contributed by atoms with Crippen molar-refractivity contribution in [3.8, 4) is 0 Å².